The molecule has 654 valence electrons. The molecule has 0 fully saturated rings. The number of nitrogen functional groups attached to an aromatic ring is 3. The zero-order chi connectivity index (χ0) is 89.3. The number of nitrogens with zero attached hydrogens (tertiary/aromatic N) is 10. The molecule has 0 aliphatic carbocycles. The van der Waals surface area contributed by atoms with Crippen molar-refractivity contribution in [3.05, 3.63) is 262 Å². The predicted octanol–water partition coefficient (Wildman–Crippen LogP) is 15.8. The number of imidazole rings is 3. The maximum Gasteiger partial charge on any atom is 0.227 e. The van der Waals surface area contributed by atoms with Crippen molar-refractivity contribution < 1.29 is 38.4 Å². The van der Waals surface area contributed by atoms with E-state index in [0.717, 1.165) is 169 Å². The number of hydrogen-bond acceptors (Lipinski definition) is 17. The fraction of sp³-hybridized carbons (Fsp3) is 0.320. The van der Waals surface area contributed by atoms with Crippen LogP contribution in [-0.2, 0) is 103 Å². The van der Waals surface area contributed by atoms with Gasteiger partial charge in [0.2, 0.25) is 29.5 Å². The molecule has 15 rings (SSSR count). The van der Waals surface area contributed by atoms with Crippen molar-refractivity contribution in [3.63, 3.8) is 0 Å². The summed E-state index contributed by atoms with van der Waals surface area (Å²) in [5, 5.41) is 11.8. The molecule has 1 aliphatic rings. The van der Waals surface area contributed by atoms with E-state index in [1.807, 2.05) is 194 Å². The predicted molar refractivity (Wildman–Crippen MR) is 502 cm³/mol. The summed E-state index contributed by atoms with van der Waals surface area (Å²) < 4.78 is 6.64. The van der Waals surface area contributed by atoms with Crippen molar-refractivity contribution >= 4 is 136 Å². The smallest absolute Gasteiger partial charge is 0.227 e. The average molecular weight is 1710 g/mol. The van der Waals surface area contributed by atoms with Gasteiger partial charge >= 0.3 is 0 Å². The quantitative estimate of drug-likeness (QED) is 0.0175. The largest absolute Gasteiger partial charge is 0.382 e. The number of fused-ring (bicyclic) bond motifs is 11. The Labute approximate surface area is 743 Å². The summed E-state index contributed by atoms with van der Waals surface area (Å²) in [6, 6.07) is 62.3. The Kier molecular flexibility index (Phi) is 28.5. The first-order valence-corrected chi connectivity index (χ1v) is 44.7. The Morgan fingerprint density at radius 2 is 0.727 bits per heavy atom. The van der Waals surface area contributed by atoms with Gasteiger partial charge in [-0.25, -0.2) is 29.9 Å². The number of anilines is 4. The second-order valence-corrected chi connectivity index (χ2v) is 33.7. The van der Waals surface area contributed by atoms with E-state index in [2.05, 4.69) is 77.2 Å². The number of unbranched alkanes of at least 4 members (excludes halogenated alkanes) is 3. The van der Waals surface area contributed by atoms with Crippen LogP contribution in [0.3, 0.4) is 0 Å². The molecular weight excluding hydrogens is 1600 g/mol. The summed E-state index contributed by atoms with van der Waals surface area (Å²) in [7, 11) is 0. The molecule has 3 atom stereocenters. The number of para-hydroxylation sites is 4. The van der Waals surface area contributed by atoms with Crippen molar-refractivity contribution in [2.24, 2.45) is 23.5 Å². The average Bonchev–Trinajstić information content (AvgIpc) is 1.61. The number of Topliss-reactive ketones (excluding diaryl/α,β-unsaturated/α-hetero) is 3. The number of carbonyl (C=O) groups is 8. The molecule has 128 heavy (non-hydrogen) atoms. The highest BCUT2D eigenvalue weighted by Gasteiger charge is 2.33. The van der Waals surface area contributed by atoms with Crippen molar-refractivity contribution in [2.75, 3.05) is 22.1 Å². The van der Waals surface area contributed by atoms with Gasteiger partial charge in [0.1, 0.15) is 51.4 Å². The normalized spacial score (nSPS) is 12.6. The Bertz CT molecular complexity index is 6560. The zero-order valence-electron chi connectivity index (χ0n) is 72.8. The second-order valence-electron chi connectivity index (χ2n) is 33.7. The van der Waals surface area contributed by atoms with E-state index >= 15 is 9.59 Å². The van der Waals surface area contributed by atoms with Crippen LogP contribution in [0.25, 0.3) is 65.8 Å². The number of hydrogen-bond donors (Lipinski definition) is 7. The second kappa shape index (κ2) is 41.2. The number of amides is 5. The minimum absolute atomic E-state index is 0.103. The minimum atomic E-state index is -1.18. The van der Waals surface area contributed by atoms with Gasteiger partial charge in [-0.1, -0.05) is 210 Å². The lowest BCUT2D eigenvalue weighted by Gasteiger charge is -2.26. The monoisotopic (exact) mass is 1710 g/mol. The van der Waals surface area contributed by atoms with Crippen LogP contribution in [0.4, 0.5) is 23.1 Å². The third kappa shape index (κ3) is 21.1. The van der Waals surface area contributed by atoms with Crippen molar-refractivity contribution in [1.29, 1.82) is 0 Å². The van der Waals surface area contributed by atoms with Gasteiger partial charge in [0.05, 0.1) is 45.3 Å². The molecule has 0 spiro atoms. The molecule has 11 N–H and O–H groups in total. The number of nitrogens with two attached hydrogens (primary N) is 4. The summed E-state index contributed by atoms with van der Waals surface area (Å²) in [6.45, 7) is 8.61. The fourth-order valence-corrected chi connectivity index (χ4v) is 17.3. The van der Waals surface area contributed by atoms with Crippen molar-refractivity contribution in [3.8, 4) is 11.8 Å². The van der Waals surface area contributed by atoms with E-state index in [1.54, 1.807) is 4.90 Å². The van der Waals surface area contributed by atoms with E-state index < -0.39 is 65.7 Å². The maximum absolute atomic E-state index is 15.4. The number of pyridine rings is 3. The van der Waals surface area contributed by atoms with Crippen molar-refractivity contribution in [2.45, 2.75) is 195 Å². The zero-order valence-corrected chi connectivity index (χ0v) is 72.8. The van der Waals surface area contributed by atoms with E-state index in [0.29, 0.717) is 64.9 Å². The van der Waals surface area contributed by atoms with Gasteiger partial charge in [0.15, 0.2) is 17.5 Å². The number of aryl methyl sites for hydroxylation is 3. The summed E-state index contributed by atoms with van der Waals surface area (Å²) in [5.74, 6) is 3.02. The molecular formula is C103H109N17O8. The first-order valence-electron chi connectivity index (χ1n) is 44.7. The molecule has 5 amide bonds. The summed E-state index contributed by atoms with van der Waals surface area (Å²) >= 11 is 0. The molecule has 0 saturated carbocycles. The van der Waals surface area contributed by atoms with E-state index in [9.17, 15) is 28.8 Å². The van der Waals surface area contributed by atoms with Gasteiger partial charge in [0.25, 0.3) is 0 Å². The van der Waals surface area contributed by atoms with Crippen LogP contribution in [0.1, 0.15) is 197 Å². The highest BCUT2D eigenvalue weighted by atomic mass is 16.2. The minimum Gasteiger partial charge on any atom is -0.382 e. The third-order valence-electron chi connectivity index (χ3n) is 24.5. The molecule has 3 unspecified atom stereocenters. The van der Waals surface area contributed by atoms with Crippen LogP contribution >= 0.6 is 0 Å². The maximum atomic E-state index is 15.4. The molecule has 14 aromatic rings. The topological polar surface area (TPSA) is 372 Å². The number of rotatable bonds is 42. The van der Waals surface area contributed by atoms with E-state index in [4.69, 9.17) is 37.9 Å². The number of aromatic nitrogens is 9. The van der Waals surface area contributed by atoms with Gasteiger partial charge < -0.3 is 57.5 Å². The molecule has 25 heteroatoms. The first kappa shape index (κ1) is 88.6. The number of nitrogens with one attached hydrogen (secondary N) is 3. The Balaban J connectivity index is 0.642. The van der Waals surface area contributed by atoms with Crippen LogP contribution in [-0.4, -0.2) is 90.5 Å². The first-order chi connectivity index (χ1) is 62.2. The van der Waals surface area contributed by atoms with E-state index in [1.165, 1.54) is 0 Å². The lowest BCUT2D eigenvalue weighted by molar-refractivity contribution is -0.134. The lowest BCUT2D eigenvalue weighted by Crippen LogP contribution is -2.33. The van der Waals surface area contributed by atoms with Gasteiger partial charge in [-0.3, -0.25) is 38.4 Å². The molecule has 0 saturated heterocycles. The number of ketones is 3. The van der Waals surface area contributed by atoms with Gasteiger partial charge in [-0.05, 0) is 114 Å². The highest BCUT2D eigenvalue weighted by molar-refractivity contribution is 6.09. The lowest BCUT2D eigenvalue weighted by atomic mass is 9.81. The van der Waals surface area contributed by atoms with Crippen molar-refractivity contribution in [1.82, 2.24) is 59.6 Å². The van der Waals surface area contributed by atoms with Crippen LogP contribution < -0.4 is 43.8 Å². The molecule has 6 aromatic heterocycles. The molecule has 7 heterocycles. The van der Waals surface area contributed by atoms with Crippen LogP contribution in [0, 0.1) is 29.6 Å². The summed E-state index contributed by atoms with van der Waals surface area (Å²) in [6.07, 6.45) is 5.38. The van der Waals surface area contributed by atoms with Crippen LogP contribution in [0.15, 0.2) is 194 Å². The Morgan fingerprint density at radius 3 is 1.13 bits per heavy atom. The van der Waals surface area contributed by atoms with Crippen LogP contribution in [0.5, 0.6) is 0 Å². The van der Waals surface area contributed by atoms with Gasteiger partial charge in [-0.2, -0.15) is 0 Å². The van der Waals surface area contributed by atoms with Crippen LogP contribution in [0.2, 0.25) is 0 Å². The fourth-order valence-electron chi connectivity index (χ4n) is 17.3. The highest BCUT2D eigenvalue weighted by Crippen LogP contribution is 2.36. The molecule has 8 aromatic carbocycles. The molecule has 0 radical (unpaired) electrons. The van der Waals surface area contributed by atoms with E-state index in [-0.39, 0.29) is 95.8 Å². The summed E-state index contributed by atoms with van der Waals surface area (Å²) in [4.78, 5) is 146. The number of primary amides is 1. The van der Waals surface area contributed by atoms with Gasteiger partial charge in [-0.15, -0.1) is 0 Å². The molecule has 0 bridgehead atoms. The number of benzene rings is 8. The summed E-state index contributed by atoms with van der Waals surface area (Å²) in [5.41, 5.74) is 41.0. The van der Waals surface area contributed by atoms with Gasteiger partial charge in [0, 0.05) is 155 Å². The Hall–Kier alpha value is -14.3. The molecule has 1 aliphatic heterocycles. The third-order valence-corrected chi connectivity index (χ3v) is 24.5. The Morgan fingerprint density at radius 1 is 0.383 bits per heavy atom. The number of carbonyl (C=O) groups excluding carboxylic acids is 8. The standard InChI is InChI=1S/C103H109N17O8/c1-4-7-30-87-114-94-97(78-23-13-16-26-81(78)111-100(94)104)118(87)61-68-39-33-65(34-40-68)58-108-90(124)51-47-73(55-77(121)50-54-93(127)117-64-76-22-11-10-20-71(76)45-46-72-21-12-19-29-84(72)117)85(122)56-74(48-52-91(125)109-59-66-35-41-69(42-36-66)62-119-88(31-8-5-2)115-95-98(119)79-24-14-17-27-82(79)112-101(95)105)86(123)57-75(103(107)128)49-53-92(126)110-60-67-37-43-70(44-38-67)63-120-89(32-9-6-3)116-96-99(120)80-25-15-18-28-83(80)113-102(96)106/h10-29,33-44,73-75H,4-9,30-32,47-64H2,1-3H3,(H2,104,111)(H2,105,112)(H2,106,113)(H2,107,128)(H,108,124)(H,109,125)(H,110,126). The SMILES string of the molecule is CCCCc1nc2c(N)nc3ccccc3c2n1Cc1ccc(CNC(=O)CCC(CC(=O)C(CCC(=O)NCc2ccc(Cn3c(CCCC)nc4c(N)nc5ccccc5c43)cc2)CC(=O)C(CCC(=O)NCc2ccc(Cn3c(CCCC)nc4c(N)nc5ccccc5c43)cc2)CC(=O)CCC(=O)N2Cc3ccccc3C#Cc3ccccc32)C(N)=O)cc1. The molecule has 25 nitrogen and oxygen atoms in total.